The Labute approximate surface area is 157 Å². The van der Waals surface area contributed by atoms with E-state index in [1.807, 2.05) is 29.2 Å². The van der Waals surface area contributed by atoms with Gasteiger partial charge in [0.1, 0.15) is 0 Å². The van der Waals surface area contributed by atoms with Crippen molar-refractivity contribution in [1.29, 1.82) is 0 Å². The van der Waals surface area contributed by atoms with Crippen molar-refractivity contribution >= 4 is 22.7 Å². The monoisotopic (exact) mass is 371 g/mol. The summed E-state index contributed by atoms with van der Waals surface area (Å²) in [7, 11) is 3.16. The molecular weight excluding hydrogens is 350 g/mol. The number of methoxy groups -OCH3 is 2. The summed E-state index contributed by atoms with van der Waals surface area (Å²) in [5.41, 5.74) is -0.526. The van der Waals surface area contributed by atoms with Gasteiger partial charge in [0.25, 0.3) is 0 Å². The number of rotatable bonds is 6. The summed E-state index contributed by atoms with van der Waals surface area (Å²) < 4.78 is 10.7. The molecule has 1 aromatic heterocycles. The molecule has 1 aliphatic rings. The lowest BCUT2D eigenvalue weighted by Gasteiger charge is -2.34. The topological polar surface area (TPSA) is 67.2 Å². The van der Waals surface area contributed by atoms with Gasteiger partial charge in [-0.2, -0.15) is 0 Å². The Morgan fingerprint density at radius 3 is 2.77 bits per heavy atom. The first kappa shape index (κ1) is 18.3. The molecule has 1 atom stereocenters. The van der Waals surface area contributed by atoms with Crippen LogP contribution in [0, 0.1) is 0 Å². The number of hydrogen-bond donors (Lipinski definition) is 1. The van der Waals surface area contributed by atoms with Gasteiger partial charge in [-0.15, -0.1) is 6.58 Å². The number of aliphatic imine (C=N–C) groups is 1. The molecule has 26 heavy (non-hydrogen) atoms. The molecule has 136 valence electrons. The molecule has 1 saturated heterocycles. The number of amidine groups is 1. The van der Waals surface area contributed by atoms with Gasteiger partial charge in [-0.1, -0.05) is 30.0 Å². The summed E-state index contributed by atoms with van der Waals surface area (Å²) in [5.74, 6) is 2.21. The van der Waals surface area contributed by atoms with Gasteiger partial charge in [-0.3, -0.25) is 0 Å². The Morgan fingerprint density at radius 2 is 2.12 bits per heavy atom. The first-order valence-corrected chi connectivity index (χ1v) is 9.07. The summed E-state index contributed by atoms with van der Waals surface area (Å²) >= 11 is 1.48. The van der Waals surface area contributed by atoms with Crippen molar-refractivity contribution < 1.29 is 14.6 Å². The smallest absolute Gasteiger partial charge is 0.176 e. The molecule has 7 heteroatoms. The fourth-order valence-corrected chi connectivity index (χ4v) is 3.96. The van der Waals surface area contributed by atoms with Gasteiger partial charge in [-0.25, -0.2) is 9.98 Å². The van der Waals surface area contributed by atoms with E-state index in [-0.39, 0.29) is 0 Å². The first-order chi connectivity index (χ1) is 12.6. The molecule has 3 rings (SSSR count). The van der Waals surface area contributed by atoms with E-state index in [9.17, 15) is 5.11 Å². The fourth-order valence-electron chi connectivity index (χ4n) is 2.77. The zero-order chi connectivity index (χ0) is 18.6. The molecule has 1 aliphatic heterocycles. The molecule has 0 radical (unpaired) electrons. The van der Waals surface area contributed by atoms with Crippen molar-refractivity contribution in [3.8, 4) is 11.5 Å². The number of ether oxygens (including phenoxy) is 2. The Balaban J connectivity index is 2.00. The van der Waals surface area contributed by atoms with Gasteiger partial charge < -0.3 is 19.5 Å². The molecule has 6 nitrogen and oxygen atoms in total. The van der Waals surface area contributed by atoms with Crippen molar-refractivity contribution in [2.45, 2.75) is 5.72 Å². The minimum Gasteiger partial charge on any atom is -0.493 e. The highest BCUT2D eigenvalue weighted by atomic mass is 32.2. The quantitative estimate of drug-likeness (QED) is 0.787. The van der Waals surface area contributed by atoms with Crippen molar-refractivity contribution in [2.24, 2.45) is 4.99 Å². The second-order valence-electron chi connectivity index (χ2n) is 5.66. The van der Waals surface area contributed by atoms with Crippen LogP contribution in [0.25, 0.3) is 0 Å². The van der Waals surface area contributed by atoms with Crippen LogP contribution in [0.1, 0.15) is 5.56 Å². The number of aromatic nitrogens is 1. The van der Waals surface area contributed by atoms with Crippen LogP contribution in [-0.2, 0) is 5.72 Å². The Hall–Kier alpha value is -2.51. The zero-order valence-corrected chi connectivity index (χ0v) is 15.6. The van der Waals surface area contributed by atoms with Gasteiger partial charge in [-0.05, 0) is 24.3 Å². The molecular formula is C19H21N3O3S. The van der Waals surface area contributed by atoms with Gasteiger partial charge in [0, 0.05) is 18.3 Å². The van der Waals surface area contributed by atoms with Crippen LogP contribution < -0.4 is 9.47 Å². The van der Waals surface area contributed by atoms with Crippen molar-refractivity contribution in [3.63, 3.8) is 0 Å². The minimum absolute atomic E-state index is 0.433. The SMILES string of the molecule is C=CCN1C(=Nc2ccccn2)SC[C@@]1(O)c1ccc(OC)c(OC)c1. The Morgan fingerprint density at radius 1 is 1.31 bits per heavy atom. The van der Waals surface area contributed by atoms with Crippen LogP contribution in [0.3, 0.4) is 0 Å². The van der Waals surface area contributed by atoms with E-state index in [0.29, 0.717) is 40.3 Å². The standard InChI is InChI=1S/C19H21N3O3S/c1-4-11-22-18(21-17-7-5-6-10-20-17)26-13-19(22,23)14-8-9-15(24-2)16(12-14)25-3/h4-10,12,23H,1,11,13H2,2-3H3/t19-/m1/s1. The maximum Gasteiger partial charge on any atom is 0.176 e. The van der Waals surface area contributed by atoms with Gasteiger partial charge in [0.15, 0.2) is 28.2 Å². The second-order valence-corrected chi connectivity index (χ2v) is 6.60. The number of hydrogen-bond acceptors (Lipinski definition) is 6. The molecule has 0 bridgehead atoms. The van der Waals surface area contributed by atoms with Crippen molar-refractivity contribution in [2.75, 3.05) is 26.5 Å². The first-order valence-electron chi connectivity index (χ1n) is 8.08. The van der Waals surface area contributed by atoms with Crippen molar-refractivity contribution in [3.05, 3.63) is 60.8 Å². The van der Waals surface area contributed by atoms with Crippen LogP contribution >= 0.6 is 11.8 Å². The highest BCUT2D eigenvalue weighted by Gasteiger charge is 2.44. The van der Waals surface area contributed by atoms with E-state index >= 15 is 0 Å². The molecule has 1 aromatic carbocycles. The lowest BCUT2D eigenvalue weighted by atomic mass is 10.0. The van der Waals surface area contributed by atoms with E-state index in [4.69, 9.17) is 9.47 Å². The predicted molar refractivity (Wildman–Crippen MR) is 104 cm³/mol. The molecule has 2 aromatic rings. The summed E-state index contributed by atoms with van der Waals surface area (Å²) in [4.78, 5) is 10.6. The second kappa shape index (κ2) is 7.80. The van der Waals surface area contributed by atoms with E-state index < -0.39 is 5.72 Å². The van der Waals surface area contributed by atoms with E-state index in [1.54, 1.807) is 38.6 Å². The van der Waals surface area contributed by atoms with Crippen LogP contribution in [0.15, 0.2) is 60.2 Å². The molecule has 0 amide bonds. The van der Waals surface area contributed by atoms with Crippen LogP contribution in [0.4, 0.5) is 5.82 Å². The molecule has 0 spiro atoms. The Bertz CT molecular complexity index is 813. The average Bonchev–Trinajstić information content (AvgIpc) is 2.99. The normalized spacial score (nSPS) is 21.0. The lowest BCUT2D eigenvalue weighted by Crippen LogP contribution is -2.45. The molecule has 2 heterocycles. The van der Waals surface area contributed by atoms with E-state index in [0.717, 1.165) is 0 Å². The summed E-state index contributed by atoms with van der Waals surface area (Å²) in [6, 6.07) is 11.0. The third-order valence-electron chi connectivity index (χ3n) is 4.10. The van der Waals surface area contributed by atoms with E-state index in [1.165, 1.54) is 11.8 Å². The van der Waals surface area contributed by atoms with E-state index in [2.05, 4.69) is 16.6 Å². The minimum atomic E-state index is -1.23. The van der Waals surface area contributed by atoms with Gasteiger partial charge in [0.05, 0.1) is 20.0 Å². The highest BCUT2D eigenvalue weighted by molar-refractivity contribution is 8.14. The maximum absolute atomic E-state index is 11.4. The number of pyridine rings is 1. The molecule has 1 fully saturated rings. The van der Waals surface area contributed by atoms with Crippen molar-refractivity contribution in [1.82, 2.24) is 9.88 Å². The Kier molecular flexibility index (Phi) is 5.49. The number of benzene rings is 1. The maximum atomic E-state index is 11.4. The van der Waals surface area contributed by atoms with Gasteiger partial charge in [0.2, 0.25) is 0 Å². The predicted octanol–water partition coefficient (Wildman–Crippen LogP) is 3.17. The molecule has 0 aliphatic carbocycles. The average molecular weight is 371 g/mol. The summed E-state index contributed by atoms with van der Waals surface area (Å²) in [5, 5.41) is 12.1. The highest BCUT2D eigenvalue weighted by Crippen LogP contribution is 2.42. The molecule has 0 unspecified atom stereocenters. The lowest BCUT2D eigenvalue weighted by molar-refractivity contribution is -0.0423. The summed E-state index contributed by atoms with van der Waals surface area (Å²) in [6.45, 7) is 4.26. The summed E-state index contributed by atoms with van der Waals surface area (Å²) in [6.07, 6.45) is 3.43. The number of nitrogens with zero attached hydrogens (tertiary/aromatic N) is 3. The fraction of sp³-hybridized carbons (Fsp3) is 0.263. The van der Waals surface area contributed by atoms with Crippen LogP contribution in [0.5, 0.6) is 11.5 Å². The zero-order valence-electron chi connectivity index (χ0n) is 14.8. The third-order valence-corrected chi connectivity index (χ3v) is 5.21. The van der Waals surface area contributed by atoms with Gasteiger partial charge >= 0.3 is 0 Å². The third kappa shape index (κ3) is 3.40. The van der Waals surface area contributed by atoms with Crippen LogP contribution in [0.2, 0.25) is 0 Å². The number of aliphatic hydroxyl groups is 1. The van der Waals surface area contributed by atoms with Crippen LogP contribution in [-0.4, -0.2) is 46.7 Å². The molecule has 0 saturated carbocycles. The largest absolute Gasteiger partial charge is 0.493 e. The molecule has 1 N–H and O–H groups in total. The number of thioether (sulfide) groups is 1.